The predicted molar refractivity (Wildman–Crippen MR) is 149 cm³/mol. The fourth-order valence-corrected chi connectivity index (χ4v) is 6.05. The Morgan fingerprint density at radius 1 is 1.08 bits per heavy atom. The Kier molecular flexibility index (Phi) is 7.75. The molecule has 2 atom stereocenters. The van der Waals surface area contributed by atoms with Crippen LogP contribution in [-0.4, -0.2) is 42.0 Å². The van der Waals surface area contributed by atoms with Gasteiger partial charge in [0.05, 0.1) is 17.7 Å². The third-order valence-electron chi connectivity index (χ3n) is 7.90. The van der Waals surface area contributed by atoms with Crippen molar-refractivity contribution >= 4 is 29.2 Å². The molecule has 9 heteroatoms. The Balaban J connectivity index is 1.21. The Morgan fingerprint density at radius 3 is 2.49 bits per heavy atom. The number of benzene rings is 2. The van der Waals surface area contributed by atoms with E-state index in [0.29, 0.717) is 21.9 Å². The number of amides is 2. The summed E-state index contributed by atoms with van der Waals surface area (Å²) in [7, 11) is 1.60. The van der Waals surface area contributed by atoms with Gasteiger partial charge in [-0.15, -0.1) is 0 Å². The van der Waals surface area contributed by atoms with E-state index in [1.54, 1.807) is 32.4 Å². The van der Waals surface area contributed by atoms with Crippen LogP contribution in [0.25, 0.3) is 0 Å². The number of anilines is 1. The summed E-state index contributed by atoms with van der Waals surface area (Å²) >= 11 is 6.22. The van der Waals surface area contributed by atoms with Crippen LogP contribution in [0.1, 0.15) is 63.1 Å². The number of piperidine rings is 1. The van der Waals surface area contributed by atoms with Crippen LogP contribution in [-0.2, 0) is 6.54 Å². The van der Waals surface area contributed by atoms with E-state index >= 15 is 0 Å². The summed E-state index contributed by atoms with van der Waals surface area (Å²) in [4.78, 5) is 32.6. The molecular weight excluding hydrogens is 519 g/mol. The summed E-state index contributed by atoms with van der Waals surface area (Å²) in [6.45, 7) is 3.68. The molecule has 2 aromatic carbocycles. The second kappa shape index (κ2) is 11.2. The summed E-state index contributed by atoms with van der Waals surface area (Å²) < 4.78 is 19.5. The van der Waals surface area contributed by atoms with Gasteiger partial charge in [-0.05, 0) is 75.4 Å². The third-order valence-corrected chi connectivity index (χ3v) is 8.42. The number of nitrogens with zero attached hydrogens (tertiary/aromatic N) is 2. The number of halogens is 2. The van der Waals surface area contributed by atoms with Gasteiger partial charge in [0.2, 0.25) is 0 Å². The number of nitrogens with one attached hydrogen (secondary N) is 2. The molecule has 2 aliphatic heterocycles. The molecule has 7 nitrogen and oxygen atoms in total. The summed E-state index contributed by atoms with van der Waals surface area (Å²) in [6, 6.07) is 12.7. The molecule has 5 rings (SSSR count). The van der Waals surface area contributed by atoms with Crippen LogP contribution < -0.4 is 20.3 Å². The lowest BCUT2D eigenvalue weighted by Gasteiger charge is -2.40. The number of rotatable bonds is 7. The maximum atomic E-state index is 14.2. The molecule has 2 bridgehead atoms. The molecule has 39 heavy (non-hydrogen) atoms. The van der Waals surface area contributed by atoms with Crippen LogP contribution >= 0.6 is 11.6 Å². The minimum atomic E-state index is -0.451. The molecule has 2 N–H and O–H groups in total. The van der Waals surface area contributed by atoms with Crippen molar-refractivity contribution in [3.05, 3.63) is 87.3 Å². The van der Waals surface area contributed by atoms with Gasteiger partial charge in [0.15, 0.2) is 0 Å². The summed E-state index contributed by atoms with van der Waals surface area (Å²) in [6.07, 6.45) is 5.28. The van der Waals surface area contributed by atoms with E-state index in [4.69, 9.17) is 16.3 Å². The molecule has 3 aromatic rings. The molecule has 0 aliphatic carbocycles. The number of carbonyl (C=O) groups excluding carboxylic acids is 2. The van der Waals surface area contributed by atoms with Crippen LogP contribution in [0.5, 0.6) is 5.75 Å². The number of pyridine rings is 1. The zero-order valence-corrected chi connectivity index (χ0v) is 23.0. The van der Waals surface area contributed by atoms with Gasteiger partial charge in [-0.25, -0.2) is 9.37 Å². The molecule has 1 aromatic heterocycles. The SMILES string of the molecule is COc1cccc(C(=O)NC2CC3CCC(C2)N3c2ccc(C(=O)NCc3c(F)ccc(C)c3Cl)cn2)c1C. The van der Waals surface area contributed by atoms with Gasteiger partial charge in [0, 0.05) is 47.6 Å². The summed E-state index contributed by atoms with van der Waals surface area (Å²) in [5.41, 5.74) is 2.88. The van der Waals surface area contributed by atoms with Crippen LogP contribution in [0.4, 0.5) is 10.2 Å². The molecule has 0 saturated carbocycles. The zero-order chi connectivity index (χ0) is 27.7. The van der Waals surface area contributed by atoms with Crippen molar-refractivity contribution in [3.63, 3.8) is 0 Å². The first-order valence-electron chi connectivity index (χ1n) is 13.2. The molecule has 2 unspecified atom stereocenters. The maximum Gasteiger partial charge on any atom is 0.253 e. The quantitative estimate of drug-likeness (QED) is 0.414. The average Bonchev–Trinajstić information content (AvgIpc) is 3.20. The van der Waals surface area contributed by atoms with E-state index < -0.39 is 5.82 Å². The van der Waals surface area contributed by atoms with Gasteiger partial charge < -0.3 is 20.3 Å². The van der Waals surface area contributed by atoms with Crippen molar-refractivity contribution in [3.8, 4) is 5.75 Å². The molecular formula is C30H32ClFN4O3. The summed E-state index contributed by atoms with van der Waals surface area (Å²) in [5, 5.41) is 6.29. The number of carbonyl (C=O) groups is 2. The summed E-state index contributed by atoms with van der Waals surface area (Å²) in [5.74, 6) is 0.646. The average molecular weight is 551 g/mol. The maximum absolute atomic E-state index is 14.2. The highest BCUT2D eigenvalue weighted by Crippen LogP contribution is 2.38. The van der Waals surface area contributed by atoms with E-state index in [-0.39, 0.29) is 42.0 Å². The molecule has 204 valence electrons. The van der Waals surface area contributed by atoms with E-state index in [1.807, 2.05) is 31.2 Å². The van der Waals surface area contributed by atoms with Gasteiger partial charge in [-0.2, -0.15) is 0 Å². The Bertz CT molecular complexity index is 1380. The smallest absolute Gasteiger partial charge is 0.253 e. The Labute approximate surface area is 232 Å². The predicted octanol–water partition coefficient (Wildman–Crippen LogP) is 5.36. The first kappa shape index (κ1) is 26.9. The van der Waals surface area contributed by atoms with E-state index in [0.717, 1.165) is 42.6 Å². The van der Waals surface area contributed by atoms with E-state index in [1.165, 1.54) is 6.07 Å². The van der Waals surface area contributed by atoms with Gasteiger partial charge in [-0.3, -0.25) is 9.59 Å². The van der Waals surface area contributed by atoms with Gasteiger partial charge in [0.1, 0.15) is 17.4 Å². The van der Waals surface area contributed by atoms with E-state index in [9.17, 15) is 14.0 Å². The molecule has 2 amide bonds. The normalized spacial score (nSPS) is 20.0. The highest BCUT2D eigenvalue weighted by molar-refractivity contribution is 6.32. The van der Waals surface area contributed by atoms with Crippen molar-refractivity contribution < 1.29 is 18.7 Å². The second-order valence-electron chi connectivity index (χ2n) is 10.3. The van der Waals surface area contributed by atoms with Crippen LogP contribution in [0.3, 0.4) is 0 Å². The van der Waals surface area contributed by atoms with E-state index in [2.05, 4.69) is 20.5 Å². The Morgan fingerprint density at radius 2 is 1.82 bits per heavy atom. The molecule has 0 radical (unpaired) electrons. The Hall–Kier alpha value is -3.65. The van der Waals surface area contributed by atoms with Crippen molar-refractivity contribution in [2.24, 2.45) is 0 Å². The van der Waals surface area contributed by atoms with Crippen molar-refractivity contribution in [2.75, 3.05) is 12.0 Å². The molecule has 2 saturated heterocycles. The van der Waals surface area contributed by atoms with Gasteiger partial charge >= 0.3 is 0 Å². The van der Waals surface area contributed by atoms with Crippen molar-refractivity contribution in [2.45, 2.75) is 64.2 Å². The number of fused-ring (bicyclic) bond motifs is 2. The minimum Gasteiger partial charge on any atom is -0.496 e. The number of aromatic nitrogens is 1. The fraction of sp³-hybridized carbons (Fsp3) is 0.367. The number of methoxy groups -OCH3 is 1. The lowest BCUT2D eigenvalue weighted by molar-refractivity contribution is 0.0923. The minimum absolute atomic E-state index is 0.00833. The second-order valence-corrected chi connectivity index (χ2v) is 10.7. The zero-order valence-electron chi connectivity index (χ0n) is 22.3. The van der Waals surface area contributed by atoms with Gasteiger partial charge in [0.25, 0.3) is 11.8 Å². The lowest BCUT2D eigenvalue weighted by Crippen LogP contribution is -2.50. The van der Waals surface area contributed by atoms with Crippen molar-refractivity contribution in [1.82, 2.24) is 15.6 Å². The highest BCUT2D eigenvalue weighted by Gasteiger charge is 2.42. The highest BCUT2D eigenvalue weighted by atomic mass is 35.5. The monoisotopic (exact) mass is 550 g/mol. The topological polar surface area (TPSA) is 83.6 Å². The number of hydrogen-bond donors (Lipinski definition) is 2. The van der Waals surface area contributed by atoms with Crippen LogP contribution in [0.2, 0.25) is 5.02 Å². The third kappa shape index (κ3) is 5.43. The molecule has 2 fully saturated rings. The largest absolute Gasteiger partial charge is 0.496 e. The van der Waals surface area contributed by atoms with Crippen LogP contribution in [0.15, 0.2) is 48.7 Å². The molecule has 3 heterocycles. The first-order chi connectivity index (χ1) is 18.8. The lowest BCUT2D eigenvalue weighted by atomic mass is 9.96. The number of aryl methyl sites for hydroxylation is 1. The van der Waals surface area contributed by atoms with Crippen molar-refractivity contribution in [1.29, 1.82) is 0 Å². The van der Waals surface area contributed by atoms with Gasteiger partial charge in [-0.1, -0.05) is 23.7 Å². The molecule has 2 aliphatic rings. The van der Waals surface area contributed by atoms with Crippen LogP contribution in [0, 0.1) is 19.7 Å². The number of ether oxygens (including phenoxy) is 1. The molecule has 0 spiro atoms. The fourth-order valence-electron chi connectivity index (χ4n) is 5.83. The standard InChI is InChI=1S/C30H32ClFN4O3/c1-17-7-11-25(32)24(28(17)31)16-34-29(37)19-8-12-27(33-15-19)36-21-9-10-22(36)14-20(13-21)35-30(38)23-5-4-6-26(39-3)18(23)2/h4-8,11-12,15,20-22H,9-10,13-14,16H2,1-3H3,(H,34,37)(H,35,38). The first-order valence-corrected chi connectivity index (χ1v) is 13.5. The number of hydrogen-bond acceptors (Lipinski definition) is 5.